The van der Waals surface area contributed by atoms with E-state index in [1.807, 2.05) is 11.7 Å². The largest absolute Gasteiger partial charge is 0.390 e. The standard InChI is InChI=1S/C27H30FN7OS/c1-16(2)18-3-4-23(35-11-17(12-35)22-14-37-15-31-22)20-10-30-26(9-19(18)20)32-25-5-7-29-27(33-25)34-8-6-24(36)21(28)13-34/h3-5,7,9-10,14-17,21,24,36H,6,8,11-13H2,1-2H3,(H,29,30,32,33). The molecule has 0 bridgehead atoms. The minimum Gasteiger partial charge on any atom is -0.390 e. The van der Waals surface area contributed by atoms with Gasteiger partial charge in [0.25, 0.3) is 0 Å². The number of aliphatic hydroxyl groups excluding tert-OH is 1. The zero-order chi connectivity index (χ0) is 25.5. The molecule has 1 aromatic carbocycles. The Labute approximate surface area is 219 Å². The van der Waals surface area contributed by atoms with Gasteiger partial charge in [0.1, 0.15) is 17.8 Å². The van der Waals surface area contributed by atoms with Crippen molar-refractivity contribution in [3.05, 3.63) is 58.8 Å². The van der Waals surface area contributed by atoms with Crippen LogP contribution in [0.4, 0.5) is 27.7 Å². The predicted octanol–water partition coefficient (Wildman–Crippen LogP) is 4.86. The van der Waals surface area contributed by atoms with Gasteiger partial charge in [-0.15, -0.1) is 11.3 Å². The fraction of sp³-hybridized carbons (Fsp3) is 0.407. The maximum atomic E-state index is 14.0. The molecule has 0 saturated carbocycles. The van der Waals surface area contributed by atoms with Crippen LogP contribution in [0, 0.1) is 0 Å². The highest BCUT2D eigenvalue weighted by molar-refractivity contribution is 7.07. The Morgan fingerprint density at radius 1 is 1.05 bits per heavy atom. The van der Waals surface area contributed by atoms with Crippen LogP contribution in [0.5, 0.6) is 0 Å². The molecule has 0 spiro atoms. The lowest BCUT2D eigenvalue weighted by molar-refractivity contribution is 0.0612. The second kappa shape index (κ2) is 9.83. The van der Waals surface area contributed by atoms with E-state index in [4.69, 9.17) is 4.98 Å². The number of rotatable bonds is 6. The summed E-state index contributed by atoms with van der Waals surface area (Å²) in [6.07, 6.45) is 1.73. The van der Waals surface area contributed by atoms with Crippen molar-refractivity contribution in [2.24, 2.45) is 0 Å². The number of aromatic nitrogens is 4. The van der Waals surface area contributed by atoms with Crippen molar-refractivity contribution in [3.8, 4) is 0 Å². The molecule has 2 aliphatic heterocycles. The highest BCUT2D eigenvalue weighted by atomic mass is 32.1. The van der Waals surface area contributed by atoms with Crippen LogP contribution in [0.15, 0.2) is 47.5 Å². The Morgan fingerprint density at radius 3 is 2.68 bits per heavy atom. The summed E-state index contributed by atoms with van der Waals surface area (Å²) in [6.45, 7) is 6.91. The van der Waals surface area contributed by atoms with Crippen LogP contribution >= 0.6 is 11.3 Å². The van der Waals surface area contributed by atoms with Gasteiger partial charge in [-0.2, -0.15) is 4.98 Å². The van der Waals surface area contributed by atoms with E-state index in [1.54, 1.807) is 28.5 Å². The Balaban J connectivity index is 1.26. The third-order valence-corrected chi connectivity index (χ3v) is 7.92. The SMILES string of the molecule is CC(C)c1ccc(N2CC(c3cscn3)C2)c2cnc(Nc3ccnc(N4CCC(O)C(F)C4)n3)cc12. The number of piperidine rings is 1. The number of fused-ring (bicyclic) bond motifs is 1. The van der Waals surface area contributed by atoms with Crippen molar-refractivity contribution in [1.29, 1.82) is 0 Å². The molecule has 6 rings (SSSR count). The molecule has 5 heterocycles. The highest BCUT2D eigenvalue weighted by Crippen LogP contribution is 2.39. The molecule has 10 heteroatoms. The predicted molar refractivity (Wildman–Crippen MR) is 146 cm³/mol. The minimum absolute atomic E-state index is 0.0825. The molecule has 2 unspecified atom stereocenters. The lowest BCUT2D eigenvalue weighted by Crippen LogP contribution is -2.45. The molecule has 3 aromatic heterocycles. The first-order valence-electron chi connectivity index (χ1n) is 12.7. The molecule has 8 nitrogen and oxygen atoms in total. The average molecular weight is 520 g/mol. The first-order valence-corrected chi connectivity index (χ1v) is 13.6. The van der Waals surface area contributed by atoms with Gasteiger partial charge in [0.2, 0.25) is 5.95 Å². The van der Waals surface area contributed by atoms with Gasteiger partial charge in [-0.05, 0) is 41.5 Å². The van der Waals surface area contributed by atoms with Gasteiger partial charge < -0.3 is 20.2 Å². The van der Waals surface area contributed by atoms with E-state index in [2.05, 4.69) is 62.6 Å². The zero-order valence-electron chi connectivity index (χ0n) is 20.9. The van der Waals surface area contributed by atoms with E-state index in [0.29, 0.717) is 42.4 Å². The number of hydrogen-bond donors (Lipinski definition) is 2. The topological polar surface area (TPSA) is 90.3 Å². The van der Waals surface area contributed by atoms with Gasteiger partial charge in [-0.1, -0.05) is 19.9 Å². The smallest absolute Gasteiger partial charge is 0.227 e. The number of alkyl halides is 1. The van der Waals surface area contributed by atoms with Crippen molar-refractivity contribution in [3.63, 3.8) is 0 Å². The second-order valence-electron chi connectivity index (χ2n) is 10.1. The molecule has 4 aromatic rings. The molecule has 2 aliphatic rings. The minimum atomic E-state index is -1.30. The van der Waals surface area contributed by atoms with Crippen LogP contribution in [0.2, 0.25) is 0 Å². The average Bonchev–Trinajstić information content (AvgIpc) is 3.39. The molecular formula is C27H30FN7OS. The molecule has 2 fully saturated rings. The lowest BCUT2D eigenvalue weighted by atomic mass is 9.92. The summed E-state index contributed by atoms with van der Waals surface area (Å²) in [5.74, 6) is 2.56. The molecule has 37 heavy (non-hydrogen) atoms. The van der Waals surface area contributed by atoms with Crippen molar-refractivity contribution in [1.82, 2.24) is 19.9 Å². The fourth-order valence-corrected chi connectivity index (χ4v) is 5.79. The maximum absolute atomic E-state index is 14.0. The van der Waals surface area contributed by atoms with E-state index in [0.717, 1.165) is 18.5 Å². The second-order valence-corrected chi connectivity index (χ2v) is 10.9. The number of pyridine rings is 1. The molecule has 0 radical (unpaired) electrons. The first kappa shape index (κ1) is 24.0. The van der Waals surface area contributed by atoms with E-state index in [-0.39, 0.29) is 6.54 Å². The molecule has 2 saturated heterocycles. The third kappa shape index (κ3) is 4.71. The highest BCUT2D eigenvalue weighted by Gasteiger charge is 2.31. The maximum Gasteiger partial charge on any atom is 0.227 e. The summed E-state index contributed by atoms with van der Waals surface area (Å²) in [6, 6.07) is 8.30. The van der Waals surface area contributed by atoms with Crippen LogP contribution in [-0.2, 0) is 0 Å². The number of halogens is 1. The van der Waals surface area contributed by atoms with Crippen LogP contribution in [-0.4, -0.2) is 63.5 Å². The van der Waals surface area contributed by atoms with Crippen LogP contribution in [0.25, 0.3) is 10.8 Å². The Kier molecular flexibility index (Phi) is 6.37. The summed E-state index contributed by atoms with van der Waals surface area (Å²) in [5, 5.41) is 17.5. The first-order chi connectivity index (χ1) is 18.0. The van der Waals surface area contributed by atoms with E-state index >= 15 is 0 Å². The van der Waals surface area contributed by atoms with E-state index < -0.39 is 12.3 Å². The molecule has 0 amide bonds. The van der Waals surface area contributed by atoms with Crippen molar-refractivity contribution >= 4 is 45.4 Å². The van der Waals surface area contributed by atoms with Crippen molar-refractivity contribution in [2.45, 2.75) is 44.4 Å². The number of thiazole rings is 1. The molecular weight excluding hydrogens is 489 g/mol. The number of benzene rings is 1. The lowest BCUT2D eigenvalue weighted by Gasteiger charge is -2.41. The van der Waals surface area contributed by atoms with Gasteiger partial charge >= 0.3 is 0 Å². The summed E-state index contributed by atoms with van der Waals surface area (Å²) < 4.78 is 14.0. The summed E-state index contributed by atoms with van der Waals surface area (Å²) >= 11 is 1.65. The fourth-order valence-electron chi connectivity index (χ4n) is 5.16. The van der Waals surface area contributed by atoms with Gasteiger partial charge in [0, 0.05) is 54.4 Å². The molecule has 2 N–H and O–H groups in total. The molecule has 0 aliphatic carbocycles. The van der Waals surface area contributed by atoms with Gasteiger partial charge in [-0.3, -0.25) is 0 Å². The van der Waals surface area contributed by atoms with Crippen LogP contribution < -0.4 is 15.1 Å². The normalized spacial score (nSPS) is 20.5. The number of nitrogens with one attached hydrogen (secondary N) is 1. The molecule has 2 atom stereocenters. The summed E-state index contributed by atoms with van der Waals surface area (Å²) in [5.41, 5.74) is 5.55. The quantitative estimate of drug-likeness (QED) is 0.373. The molecule has 192 valence electrons. The Morgan fingerprint density at radius 2 is 1.92 bits per heavy atom. The Hall–Kier alpha value is -3.37. The number of anilines is 4. The number of nitrogens with zero attached hydrogens (tertiary/aromatic N) is 6. The van der Waals surface area contributed by atoms with Crippen LogP contribution in [0.3, 0.4) is 0 Å². The Bertz CT molecular complexity index is 1390. The summed E-state index contributed by atoms with van der Waals surface area (Å²) in [7, 11) is 0. The number of hydrogen-bond acceptors (Lipinski definition) is 9. The third-order valence-electron chi connectivity index (χ3n) is 7.31. The van der Waals surface area contributed by atoms with E-state index in [9.17, 15) is 9.50 Å². The van der Waals surface area contributed by atoms with Gasteiger partial charge in [0.05, 0.1) is 23.9 Å². The number of aliphatic hydroxyl groups is 1. The summed E-state index contributed by atoms with van der Waals surface area (Å²) in [4.78, 5) is 22.3. The van der Waals surface area contributed by atoms with E-state index in [1.165, 1.54) is 22.3 Å². The van der Waals surface area contributed by atoms with Crippen molar-refractivity contribution in [2.75, 3.05) is 41.3 Å². The van der Waals surface area contributed by atoms with Gasteiger partial charge in [-0.25, -0.2) is 19.3 Å². The van der Waals surface area contributed by atoms with Crippen molar-refractivity contribution < 1.29 is 9.50 Å². The van der Waals surface area contributed by atoms with Gasteiger partial charge in [0.15, 0.2) is 0 Å². The van der Waals surface area contributed by atoms with Crippen LogP contribution in [0.1, 0.15) is 43.4 Å². The zero-order valence-corrected chi connectivity index (χ0v) is 21.7. The monoisotopic (exact) mass is 519 g/mol.